The van der Waals surface area contributed by atoms with Gasteiger partial charge in [-0.15, -0.1) is 0 Å². The second-order valence-electron chi connectivity index (χ2n) is 32.1. The first-order valence-electron chi connectivity index (χ1n) is 45.6. The van der Waals surface area contributed by atoms with Crippen LogP contribution >= 0.6 is 15.6 Å². The number of esters is 4. The van der Waals surface area contributed by atoms with Crippen LogP contribution in [0.5, 0.6) is 0 Å². The molecule has 0 saturated carbocycles. The Bertz CT molecular complexity index is 2030. The second-order valence-corrected chi connectivity index (χ2v) is 35.0. The summed E-state index contributed by atoms with van der Waals surface area (Å²) < 4.78 is 68.9. The standard InChI is InChI=1S/C88H172O17P2/c1-6-9-12-15-18-21-24-27-30-33-35-37-38-40-42-45-48-51-54-57-64-69-73-87(92)104-83(77-98-85(90)71-66-61-55-52-49-46-44-41-39-36-34-31-28-25-22-19-16-13-10-7-2)79-102-106(94,95)100-75-82(89)76-101-107(96,97)103-80-84(78-99-86(91)72-67-62-59-58-60-65-70-81(4)5)105-88(93)74-68-63-56-53-50-47-43-32-29-26-23-20-17-14-11-8-3/h81-84,89H,6-80H2,1-5H3,(H,94,95)(H,96,97)/t82-,83-,84-/m1/s1. The minimum atomic E-state index is -4.97. The third kappa shape index (κ3) is 81.9. The maximum absolute atomic E-state index is 13.2. The van der Waals surface area contributed by atoms with Crippen molar-refractivity contribution in [2.24, 2.45) is 5.92 Å². The molecule has 0 aliphatic heterocycles. The van der Waals surface area contributed by atoms with Crippen molar-refractivity contribution in [1.82, 2.24) is 0 Å². The summed E-state index contributed by atoms with van der Waals surface area (Å²) >= 11 is 0. The van der Waals surface area contributed by atoms with E-state index in [-0.39, 0.29) is 25.7 Å². The smallest absolute Gasteiger partial charge is 0.462 e. The molecule has 0 heterocycles. The highest BCUT2D eigenvalue weighted by Crippen LogP contribution is 2.45. The van der Waals surface area contributed by atoms with Gasteiger partial charge in [0.05, 0.1) is 26.4 Å². The topological polar surface area (TPSA) is 237 Å². The van der Waals surface area contributed by atoms with Crippen molar-refractivity contribution in [2.75, 3.05) is 39.6 Å². The average Bonchev–Trinajstić information content (AvgIpc) is 0.903. The number of aliphatic hydroxyl groups excluding tert-OH is 1. The molecule has 0 aliphatic rings. The first-order chi connectivity index (χ1) is 52.0. The van der Waals surface area contributed by atoms with Crippen molar-refractivity contribution >= 4 is 39.5 Å². The SMILES string of the molecule is CCCCCCCCCCCCCCCCCCCCCCCCC(=O)O[C@H](COC(=O)CCCCCCCCCCCCCCCCCCCCCC)COP(=O)(O)OC[C@@H](O)COP(=O)(O)OC[C@@H](COC(=O)CCCCCCCCC(C)C)OC(=O)CCCCCCCCCCCCCCCCCC. The van der Waals surface area contributed by atoms with E-state index in [0.717, 1.165) is 96.3 Å². The Kier molecular flexibility index (Phi) is 79.2. The van der Waals surface area contributed by atoms with Crippen molar-refractivity contribution in [1.29, 1.82) is 0 Å². The van der Waals surface area contributed by atoms with Crippen LogP contribution in [0.15, 0.2) is 0 Å². The number of carbonyl (C=O) groups is 4. The van der Waals surface area contributed by atoms with E-state index in [9.17, 15) is 43.2 Å². The number of aliphatic hydroxyl groups is 1. The van der Waals surface area contributed by atoms with Crippen molar-refractivity contribution in [3.05, 3.63) is 0 Å². The number of rotatable bonds is 88. The molecule has 17 nitrogen and oxygen atoms in total. The minimum absolute atomic E-state index is 0.108. The Morgan fingerprint density at radius 1 is 0.252 bits per heavy atom. The lowest BCUT2D eigenvalue weighted by Crippen LogP contribution is -2.30. The summed E-state index contributed by atoms with van der Waals surface area (Å²) in [7, 11) is -9.93. The summed E-state index contributed by atoms with van der Waals surface area (Å²) in [6.07, 6.45) is 75.4. The van der Waals surface area contributed by atoms with Crippen LogP contribution in [-0.4, -0.2) is 96.7 Å². The molecular formula is C88H172O17P2. The molecule has 0 fully saturated rings. The molecule has 107 heavy (non-hydrogen) atoms. The van der Waals surface area contributed by atoms with Crippen LogP contribution < -0.4 is 0 Å². The van der Waals surface area contributed by atoms with E-state index in [1.54, 1.807) is 0 Å². The molecule has 19 heteroatoms. The number of phosphoric ester groups is 2. The van der Waals surface area contributed by atoms with Gasteiger partial charge in [-0.3, -0.25) is 37.3 Å². The van der Waals surface area contributed by atoms with Gasteiger partial charge in [0.25, 0.3) is 0 Å². The Hall–Kier alpha value is -1.94. The van der Waals surface area contributed by atoms with E-state index in [4.69, 9.17) is 37.0 Å². The second kappa shape index (κ2) is 80.7. The molecule has 0 radical (unpaired) electrons. The molecule has 0 aliphatic carbocycles. The van der Waals surface area contributed by atoms with Gasteiger partial charge in [-0.2, -0.15) is 0 Å². The third-order valence-electron chi connectivity index (χ3n) is 20.8. The van der Waals surface area contributed by atoms with E-state index in [1.807, 2.05) is 0 Å². The number of phosphoric acid groups is 2. The first kappa shape index (κ1) is 105. The number of hydrogen-bond acceptors (Lipinski definition) is 15. The zero-order valence-corrected chi connectivity index (χ0v) is 72.1. The minimum Gasteiger partial charge on any atom is -0.462 e. The lowest BCUT2D eigenvalue weighted by atomic mass is 10.0. The number of unbranched alkanes of at least 4 members (excludes halogenated alkanes) is 60. The van der Waals surface area contributed by atoms with E-state index in [1.165, 1.54) is 295 Å². The fourth-order valence-electron chi connectivity index (χ4n) is 13.8. The summed E-state index contributed by atoms with van der Waals surface area (Å²) in [5, 5.41) is 10.7. The quantitative estimate of drug-likeness (QED) is 0.0222. The van der Waals surface area contributed by atoms with Gasteiger partial charge in [0.1, 0.15) is 19.3 Å². The molecule has 0 aromatic heterocycles. The highest BCUT2D eigenvalue weighted by atomic mass is 31.2. The first-order valence-corrected chi connectivity index (χ1v) is 48.6. The highest BCUT2D eigenvalue weighted by Gasteiger charge is 2.30. The predicted molar refractivity (Wildman–Crippen MR) is 442 cm³/mol. The Balaban J connectivity index is 5.19. The molecule has 0 bridgehead atoms. The molecule has 0 rings (SSSR count). The van der Waals surface area contributed by atoms with Crippen LogP contribution in [0, 0.1) is 5.92 Å². The molecule has 636 valence electrons. The molecule has 0 amide bonds. The molecule has 0 saturated heterocycles. The van der Waals surface area contributed by atoms with Crippen LogP contribution in [-0.2, 0) is 65.4 Å². The maximum atomic E-state index is 13.2. The lowest BCUT2D eigenvalue weighted by Gasteiger charge is -2.21. The normalized spacial score (nSPS) is 13.7. The van der Waals surface area contributed by atoms with Crippen molar-refractivity contribution in [3.8, 4) is 0 Å². The van der Waals surface area contributed by atoms with Gasteiger partial charge in [0.2, 0.25) is 0 Å². The van der Waals surface area contributed by atoms with Crippen molar-refractivity contribution < 1.29 is 80.2 Å². The van der Waals surface area contributed by atoms with Crippen LogP contribution in [0.3, 0.4) is 0 Å². The van der Waals surface area contributed by atoms with Gasteiger partial charge in [0, 0.05) is 25.7 Å². The van der Waals surface area contributed by atoms with Crippen LogP contribution in [0.25, 0.3) is 0 Å². The largest absolute Gasteiger partial charge is 0.472 e. The van der Waals surface area contributed by atoms with Crippen LogP contribution in [0.4, 0.5) is 0 Å². The molecule has 0 aromatic carbocycles. The number of carbonyl (C=O) groups excluding carboxylic acids is 4. The van der Waals surface area contributed by atoms with Gasteiger partial charge in [-0.1, -0.05) is 426 Å². The summed E-state index contributed by atoms with van der Waals surface area (Å²) in [4.78, 5) is 73.2. The monoisotopic (exact) mass is 1560 g/mol. The van der Waals surface area contributed by atoms with E-state index < -0.39 is 97.5 Å². The van der Waals surface area contributed by atoms with E-state index in [2.05, 4.69) is 34.6 Å². The van der Waals surface area contributed by atoms with Crippen LogP contribution in [0.1, 0.15) is 478 Å². The molecule has 5 atom stereocenters. The lowest BCUT2D eigenvalue weighted by molar-refractivity contribution is -0.161. The van der Waals surface area contributed by atoms with E-state index in [0.29, 0.717) is 31.6 Å². The van der Waals surface area contributed by atoms with E-state index >= 15 is 0 Å². The molecule has 0 spiro atoms. The molecule has 0 aromatic rings. The van der Waals surface area contributed by atoms with Gasteiger partial charge < -0.3 is 33.8 Å². The number of hydrogen-bond donors (Lipinski definition) is 3. The van der Waals surface area contributed by atoms with Crippen molar-refractivity contribution in [3.63, 3.8) is 0 Å². The third-order valence-corrected chi connectivity index (χ3v) is 22.7. The Morgan fingerprint density at radius 2 is 0.430 bits per heavy atom. The van der Waals surface area contributed by atoms with Crippen molar-refractivity contribution in [2.45, 2.75) is 496 Å². The summed E-state index contributed by atoms with van der Waals surface area (Å²) in [6.45, 7) is 7.29. The summed E-state index contributed by atoms with van der Waals surface area (Å²) in [6, 6.07) is 0. The molecular weight excluding hydrogens is 1390 g/mol. The Morgan fingerprint density at radius 3 is 0.636 bits per heavy atom. The maximum Gasteiger partial charge on any atom is 0.472 e. The summed E-state index contributed by atoms with van der Waals surface area (Å²) in [5.74, 6) is -1.42. The van der Waals surface area contributed by atoms with Gasteiger partial charge >= 0.3 is 39.5 Å². The molecule has 3 N–H and O–H groups in total. The van der Waals surface area contributed by atoms with Gasteiger partial charge in [-0.05, 0) is 31.6 Å². The molecule has 2 unspecified atom stereocenters. The zero-order valence-electron chi connectivity index (χ0n) is 70.3. The fourth-order valence-corrected chi connectivity index (χ4v) is 15.4. The fraction of sp³-hybridized carbons (Fsp3) is 0.955. The average molecular weight is 1560 g/mol. The highest BCUT2D eigenvalue weighted by molar-refractivity contribution is 7.47. The zero-order chi connectivity index (χ0) is 78.3. The van der Waals surface area contributed by atoms with Gasteiger partial charge in [-0.25, -0.2) is 9.13 Å². The van der Waals surface area contributed by atoms with Crippen LogP contribution in [0.2, 0.25) is 0 Å². The predicted octanol–water partition coefficient (Wildman–Crippen LogP) is 27.2. The number of ether oxygens (including phenoxy) is 4. The Labute approximate surface area is 658 Å². The summed E-state index contributed by atoms with van der Waals surface area (Å²) in [5.41, 5.74) is 0. The van der Waals surface area contributed by atoms with Gasteiger partial charge in [0.15, 0.2) is 12.2 Å².